The number of carbonyl (C=O) groups is 1. The Balaban J connectivity index is 2.07. The van der Waals surface area contributed by atoms with Crippen LogP contribution in [-0.4, -0.2) is 72.9 Å². The van der Waals surface area contributed by atoms with Gasteiger partial charge in [-0.25, -0.2) is 13.4 Å². The van der Waals surface area contributed by atoms with Crippen LogP contribution in [0.5, 0.6) is 0 Å². The first-order valence-corrected chi connectivity index (χ1v) is 8.21. The molecule has 1 amide bonds. The number of piperazine rings is 1. The third-order valence-electron chi connectivity index (χ3n) is 3.59. The van der Waals surface area contributed by atoms with Gasteiger partial charge in [0.2, 0.25) is 5.91 Å². The summed E-state index contributed by atoms with van der Waals surface area (Å²) >= 11 is 0. The molecule has 1 aromatic heterocycles. The van der Waals surface area contributed by atoms with Gasteiger partial charge in [-0.2, -0.15) is 4.31 Å². The topological polar surface area (TPSA) is 87.5 Å². The van der Waals surface area contributed by atoms with Crippen molar-refractivity contribution in [3.63, 3.8) is 0 Å². The number of hydrogen-bond acceptors (Lipinski definition) is 5. The van der Waals surface area contributed by atoms with Crippen LogP contribution >= 0.6 is 0 Å². The first kappa shape index (κ1) is 15.9. The Morgan fingerprint density at radius 2 is 2.05 bits per heavy atom. The maximum Gasteiger partial charge on any atom is 0.262 e. The average Bonchev–Trinajstić information content (AvgIpc) is 2.80. The summed E-state index contributed by atoms with van der Waals surface area (Å²) in [5.41, 5.74) is 0. The number of hydrogen-bond donors (Lipinski definition) is 1. The molecule has 0 aromatic carbocycles. The summed E-state index contributed by atoms with van der Waals surface area (Å²) in [6.45, 7) is 4.25. The quantitative estimate of drug-likeness (QED) is 0.752. The summed E-state index contributed by atoms with van der Waals surface area (Å²) in [4.78, 5) is 17.8. The number of aryl methyl sites for hydroxylation is 2. The van der Waals surface area contributed by atoms with Crippen LogP contribution in [0.4, 0.5) is 0 Å². The van der Waals surface area contributed by atoms with Crippen LogP contribution in [0.1, 0.15) is 5.82 Å². The van der Waals surface area contributed by atoms with E-state index in [9.17, 15) is 13.2 Å². The van der Waals surface area contributed by atoms with E-state index < -0.39 is 10.0 Å². The number of nitrogens with zero attached hydrogens (tertiary/aromatic N) is 4. The molecule has 0 radical (unpaired) electrons. The maximum absolute atomic E-state index is 12.4. The Morgan fingerprint density at radius 3 is 2.57 bits per heavy atom. The standard InChI is InChI=1S/C12H21N5O3S/c1-10-14-11(8-15(10)2)21(19,20)16(3)9-12(18)17-6-4-13-5-7-17/h8,13H,4-7,9H2,1-3H3. The van der Waals surface area contributed by atoms with Crippen molar-refractivity contribution in [2.45, 2.75) is 11.9 Å². The van der Waals surface area contributed by atoms with Crippen LogP contribution in [0, 0.1) is 6.92 Å². The van der Waals surface area contributed by atoms with E-state index >= 15 is 0 Å². The molecule has 0 aliphatic carbocycles. The first-order valence-electron chi connectivity index (χ1n) is 6.77. The Hall–Kier alpha value is -1.45. The van der Waals surface area contributed by atoms with Crippen molar-refractivity contribution in [2.24, 2.45) is 7.05 Å². The SMILES string of the molecule is Cc1nc(S(=O)(=O)N(C)CC(=O)N2CCNCC2)cn1C. The summed E-state index contributed by atoms with van der Waals surface area (Å²) < 4.78 is 27.5. The van der Waals surface area contributed by atoms with Gasteiger partial charge in [-0.3, -0.25) is 4.79 Å². The molecule has 1 aliphatic rings. The van der Waals surface area contributed by atoms with E-state index in [1.807, 2.05) is 0 Å². The number of rotatable bonds is 4. The minimum Gasteiger partial charge on any atom is -0.339 e. The van der Waals surface area contributed by atoms with Gasteiger partial charge in [-0.15, -0.1) is 0 Å². The lowest BCUT2D eigenvalue weighted by molar-refractivity contribution is -0.131. The van der Waals surface area contributed by atoms with Crippen LogP contribution in [-0.2, 0) is 21.9 Å². The van der Waals surface area contributed by atoms with E-state index in [4.69, 9.17) is 0 Å². The van der Waals surface area contributed by atoms with Crippen LogP contribution in [0.15, 0.2) is 11.2 Å². The van der Waals surface area contributed by atoms with Gasteiger partial charge in [0, 0.05) is 46.5 Å². The predicted molar refractivity (Wildman–Crippen MR) is 77.2 cm³/mol. The molecule has 0 bridgehead atoms. The molecule has 1 aromatic rings. The van der Waals surface area contributed by atoms with Crippen molar-refractivity contribution < 1.29 is 13.2 Å². The molecule has 1 saturated heterocycles. The molecule has 2 rings (SSSR count). The van der Waals surface area contributed by atoms with Crippen molar-refractivity contribution in [3.05, 3.63) is 12.0 Å². The van der Waals surface area contributed by atoms with Crippen molar-refractivity contribution in [1.82, 2.24) is 24.1 Å². The zero-order chi connectivity index (χ0) is 15.6. The van der Waals surface area contributed by atoms with Crippen LogP contribution < -0.4 is 5.32 Å². The van der Waals surface area contributed by atoms with Gasteiger partial charge in [-0.05, 0) is 6.92 Å². The molecule has 21 heavy (non-hydrogen) atoms. The fraction of sp³-hybridized carbons (Fsp3) is 0.667. The van der Waals surface area contributed by atoms with Gasteiger partial charge in [0.15, 0.2) is 5.03 Å². The molecule has 8 nitrogen and oxygen atoms in total. The number of nitrogens with one attached hydrogen (secondary N) is 1. The second-order valence-electron chi connectivity index (χ2n) is 5.13. The lowest BCUT2D eigenvalue weighted by Gasteiger charge is -2.28. The minimum atomic E-state index is -3.74. The summed E-state index contributed by atoms with van der Waals surface area (Å²) in [5.74, 6) is 0.422. The Bertz CT molecular complexity index is 599. The van der Waals surface area contributed by atoms with E-state index in [1.165, 1.54) is 13.2 Å². The third kappa shape index (κ3) is 3.42. The zero-order valence-electron chi connectivity index (χ0n) is 12.5. The first-order chi connectivity index (χ1) is 9.82. The van der Waals surface area contributed by atoms with E-state index in [-0.39, 0.29) is 17.5 Å². The van der Waals surface area contributed by atoms with E-state index in [2.05, 4.69) is 10.3 Å². The second-order valence-corrected chi connectivity index (χ2v) is 7.12. The molecule has 1 N–H and O–H groups in total. The smallest absolute Gasteiger partial charge is 0.262 e. The van der Waals surface area contributed by atoms with E-state index in [0.717, 1.165) is 17.4 Å². The molecule has 1 aliphatic heterocycles. The number of carbonyl (C=O) groups excluding carboxylic acids is 1. The number of imidazole rings is 1. The summed E-state index contributed by atoms with van der Waals surface area (Å²) in [5, 5.41) is 3.12. The van der Waals surface area contributed by atoms with E-state index in [0.29, 0.717) is 18.9 Å². The predicted octanol–water partition coefficient (Wildman–Crippen LogP) is -1.22. The Labute approximate surface area is 124 Å². The second kappa shape index (κ2) is 6.12. The van der Waals surface area contributed by atoms with Gasteiger partial charge in [-0.1, -0.05) is 0 Å². The third-order valence-corrected chi connectivity index (χ3v) is 5.26. The van der Waals surface area contributed by atoms with Gasteiger partial charge in [0.1, 0.15) is 5.82 Å². The number of amides is 1. The highest BCUT2D eigenvalue weighted by molar-refractivity contribution is 7.89. The van der Waals surface area contributed by atoms with Gasteiger partial charge in [0.25, 0.3) is 10.0 Å². The summed E-state index contributed by atoms with van der Waals surface area (Å²) in [6.07, 6.45) is 1.45. The monoisotopic (exact) mass is 315 g/mol. The zero-order valence-corrected chi connectivity index (χ0v) is 13.4. The average molecular weight is 315 g/mol. The lowest BCUT2D eigenvalue weighted by atomic mass is 10.3. The Kier molecular flexibility index (Phi) is 4.64. The maximum atomic E-state index is 12.4. The Morgan fingerprint density at radius 1 is 1.43 bits per heavy atom. The van der Waals surface area contributed by atoms with Crippen molar-refractivity contribution in [2.75, 3.05) is 39.8 Å². The number of likely N-dealkylation sites (N-methyl/N-ethyl adjacent to an activating group) is 1. The van der Waals surface area contributed by atoms with E-state index in [1.54, 1.807) is 23.4 Å². The van der Waals surface area contributed by atoms with Crippen molar-refractivity contribution in [1.29, 1.82) is 0 Å². The molecular weight excluding hydrogens is 294 g/mol. The lowest BCUT2D eigenvalue weighted by Crippen LogP contribution is -2.49. The highest BCUT2D eigenvalue weighted by Crippen LogP contribution is 2.13. The number of aromatic nitrogens is 2. The summed E-state index contributed by atoms with van der Waals surface area (Å²) in [6, 6.07) is 0. The number of sulfonamides is 1. The minimum absolute atomic E-state index is 0.0295. The molecule has 0 atom stereocenters. The van der Waals surface area contributed by atoms with Gasteiger partial charge in [0.05, 0.1) is 6.54 Å². The largest absolute Gasteiger partial charge is 0.339 e. The van der Waals surface area contributed by atoms with Crippen LogP contribution in [0.3, 0.4) is 0 Å². The molecule has 0 unspecified atom stereocenters. The van der Waals surface area contributed by atoms with Gasteiger partial charge >= 0.3 is 0 Å². The molecule has 0 saturated carbocycles. The highest BCUT2D eigenvalue weighted by atomic mass is 32.2. The van der Waals surface area contributed by atoms with Crippen LogP contribution in [0.25, 0.3) is 0 Å². The van der Waals surface area contributed by atoms with Crippen molar-refractivity contribution in [3.8, 4) is 0 Å². The summed E-state index contributed by atoms with van der Waals surface area (Å²) in [7, 11) is -0.604. The molecule has 118 valence electrons. The fourth-order valence-corrected chi connectivity index (χ4v) is 3.24. The highest BCUT2D eigenvalue weighted by Gasteiger charge is 2.28. The fourth-order valence-electron chi connectivity index (χ4n) is 2.10. The molecule has 2 heterocycles. The normalized spacial score (nSPS) is 16.5. The molecule has 1 fully saturated rings. The molecule has 9 heteroatoms. The van der Waals surface area contributed by atoms with Crippen LogP contribution in [0.2, 0.25) is 0 Å². The van der Waals surface area contributed by atoms with Crippen molar-refractivity contribution >= 4 is 15.9 Å². The molecular formula is C12H21N5O3S. The molecule has 0 spiro atoms. The van der Waals surface area contributed by atoms with Gasteiger partial charge < -0.3 is 14.8 Å².